The third kappa shape index (κ3) is 5.73. The summed E-state index contributed by atoms with van der Waals surface area (Å²) in [6.45, 7) is -0.639. The summed E-state index contributed by atoms with van der Waals surface area (Å²) < 4.78 is 44.7. The number of alkyl halides is 3. The second-order valence-corrected chi connectivity index (χ2v) is 7.61. The van der Waals surface area contributed by atoms with Gasteiger partial charge >= 0.3 is 6.18 Å². The molecule has 0 spiro atoms. The van der Waals surface area contributed by atoms with Crippen LogP contribution in [-0.4, -0.2) is 45.4 Å². The fourth-order valence-corrected chi connectivity index (χ4v) is 3.33. The highest BCUT2D eigenvalue weighted by molar-refractivity contribution is 6.11. The summed E-state index contributed by atoms with van der Waals surface area (Å²) in [5, 5.41) is 21.6. The van der Waals surface area contributed by atoms with E-state index in [1.807, 2.05) is 0 Å². The van der Waals surface area contributed by atoms with Crippen LogP contribution < -0.4 is 10.1 Å². The first-order valence-corrected chi connectivity index (χ1v) is 10.5. The Bertz CT molecular complexity index is 1360. The topological polar surface area (TPSA) is 105 Å². The number of nitrogens with zero attached hydrogens (tertiary/aromatic N) is 2. The minimum absolute atomic E-state index is 0.137. The number of ether oxygens (including phenoxy) is 1. The molecule has 0 aliphatic rings. The maximum absolute atomic E-state index is 13.1. The van der Waals surface area contributed by atoms with Gasteiger partial charge in [0.05, 0.1) is 28.9 Å². The fourth-order valence-electron chi connectivity index (χ4n) is 3.33. The first-order valence-electron chi connectivity index (χ1n) is 10.5. The molecule has 35 heavy (non-hydrogen) atoms. The molecule has 0 saturated heterocycles. The molecular formula is C25H20F3N3O4. The number of pyridine rings is 2. The highest BCUT2D eigenvalue weighted by atomic mass is 19.4. The molecule has 2 aromatic heterocycles. The number of hydrogen-bond acceptors (Lipinski definition) is 6. The Hall–Kier alpha value is -4.02. The zero-order valence-electron chi connectivity index (χ0n) is 18.2. The average Bonchev–Trinajstić information content (AvgIpc) is 2.86. The summed E-state index contributed by atoms with van der Waals surface area (Å²) in [6.07, 6.45) is -5.55. The third-order valence-electron chi connectivity index (χ3n) is 5.05. The SMILES string of the molecule is O=C(Nc1cccc(OC[C@@H](O)CO)n1)c1cccc2ccc(-c3cccc(C(F)(F)F)c3)nc12. The third-order valence-corrected chi connectivity index (χ3v) is 5.05. The van der Waals surface area contributed by atoms with Crippen molar-refractivity contribution in [2.24, 2.45) is 0 Å². The van der Waals surface area contributed by atoms with Gasteiger partial charge in [-0.25, -0.2) is 4.98 Å². The van der Waals surface area contributed by atoms with E-state index in [9.17, 15) is 23.1 Å². The lowest BCUT2D eigenvalue weighted by Gasteiger charge is -2.12. The predicted octanol–water partition coefficient (Wildman–Crippen LogP) is 4.30. The normalized spacial score (nSPS) is 12.4. The minimum Gasteiger partial charge on any atom is -0.475 e. The Morgan fingerprint density at radius 2 is 1.77 bits per heavy atom. The molecule has 0 unspecified atom stereocenters. The van der Waals surface area contributed by atoms with Crippen LogP contribution in [0.5, 0.6) is 5.88 Å². The van der Waals surface area contributed by atoms with E-state index in [2.05, 4.69) is 15.3 Å². The van der Waals surface area contributed by atoms with Crippen molar-refractivity contribution >= 4 is 22.6 Å². The van der Waals surface area contributed by atoms with Gasteiger partial charge in [0.2, 0.25) is 5.88 Å². The van der Waals surface area contributed by atoms with Gasteiger partial charge in [-0.1, -0.05) is 36.4 Å². The molecule has 4 aromatic rings. The second kappa shape index (κ2) is 10.1. The van der Waals surface area contributed by atoms with Crippen LogP contribution in [0.4, 0.5) is 19.0 Å². The van der Waals surface area contributed by atoms with Gasteiger partial charge in [-0.3, -0.25) is 4.79 Å². The van der Waals surface area contributed by atoms with E-state index in [1.165, 1.54) is 18.2 Å². The summed E-state index contributed by atoms with van der Waals surface area (Å²) in [5.41, 5.74) is 0.300. The van der Waals surface area contributed by atoms with Crippen molar-refractivity contribution in [3.05, 3.63) is 83.9 Å². The molecule has 180 valence electrons. The molecule has 4 rings (SSSR count). The molecule has 1 amide bonds. The largest absolute Gasteiger partial charge is 0.475 e. The lowest BCUT2D eigenvalue weighted by atomic mass is 10.0. The number of rotatable bonds is 7. The van der Waals surface area contributed by atoms with Crippen molar-refractivity contribution in [2.75, 3.05) is 18.5 Å². The molecule has 3 N–H and O–H groups in total. The number of aliphatic hydroxyl groups is 2. The van der Waals surface area contributed by atoms with Gasteiger partial charge in [-0.05, 0) is 30.3 Å². The zero-order valence-corrected chi connectivity index (χ0v) is 18.2. The van der Waals surface area contributed by atoms with Crippen molar-refractivity contribution in [3.8, 4) is 17.1 Å². The van der Waals surface area contributed by atoms with E-state index < -0.39 is 30.4 Å². The monoisotopic (exact) mass is 483 g/mol. The van der Waals surface area contributed by atoms with E-state index in [4.69, 9.17) is 9.84 Å². The molecule has 0 fully saturated rings. The van der Waals surface area contributed by atoms with Crippen LogP contribution in [0.25, 0.3) is 22.2 Å². The number of amides is 1. The van der Waals surface area contributed by atoms with Crippen LogP contribution in [0.1, 0.15) is 15.9 Å². The summed E-state index contributed by atoms with van der Waals surface area (Å²) in [7, 11) is 0. The van der Waals surface area contributed by atoms with Gasteiger partial charge in [-0.15, -0.1) is 0 Å². The Kier molecular flexibility index (Phi) is 6.94. The highest BCUT2D eigenvalue weighted by Gasteiger charge is 2.30. The first-order chi connectivity index (χ1) is 16.7. The summed E-state index contributed by atoms with van der Waals surface area (Å²) in [5.74, 6) is -0.209. The second-order valence-electron chi connectivity index (χ2n) is 7.61. The van der Waals surface area contributed by atoms with Gasteiger partial charge < -0.3 is 20.3 Å². The first kappa shape index (κ1) is 24.1. The summed E-state index contributed by atoms with van der Waals surface area (Å²) in [4.78, 5) is 21.7. The van der Waals surface area contributed by atoms with E-state index in [0.29, 0.717) is 16.6 Å². The molecule has 1 atom stereocenters. The number of benzene rings is 2. The maximum atomic E-state index is 13.1. The number of carbonyl (C=O) groups is 1. The maximum Gasteiger partial charge on any atom is 0.416 e. The summed E-state index contributed by atoms with van der Waals surface area (Å²) >= 11 is 0. The highest BCUT2D eigenvalue weighted by Crippen LogP contribution is 2.32. The van der Waals surface area contributed by atoms with Gasteiger partial charge in [0.1, 0.15) is 18.5 Å². The van der Waals surface area contributed by atoms with Crippen molar-refractivity contribution in [1.82, 2.24) is 9.97 Å². The number of carbonyl (C=O) groups excluding carboxylic acids is 1. The van der Waals surface area contributed by atoms with Crippen molar-refractivity contribution in [1.29, 1.82) is 0 Å². The Balaban J connectivity index is 1.62. The van der Waals surface area contributed by atoms with Crippen LogP contribution >= 0.6 is 0 Å². The standard InChI is InChI=1S/C25H20F3N3O4/c26-25(27,28)17-6-1-5-16(12-17)20-11-10-15-4-2-7-19(23(15)29-20)24(34)31-21-8-3-9-22(30-21)35-14-18(33)13-32/h1-12,18,32-33H,13-14H2,(H,30,31,34)/t18-/m0/s1. The lowest BCUT2D eigenvalue weighted by Crippen LogP contribution is -2.21. The van der Waals surface area contributed by atoms with E-state index in [1.54, 1.807) is 42.5 Å². The van der Waals surface area contributed by atoms with Crippen LogP contribution in [0, 0.1) is 0 Å². The molecule has 0 aliphatic heterocycles. The molecule has 7 nitrogen and oxygen atoms in total. The predicted molar refractivity (Wildman–Crippen MR) is 123 cm³/mol. The molecule has 0 aliphatic carbocycles. The molecule has 2 aromatic carbocycles. The Morgan fingerprint density at radius 1 is 1.00 bits per heavy atom. The molecule has 0 bridgehead atoms. The smallest absolute Gasteiger partial charge is 0.416 e. The number of nitrogens with one attached hydrogen (secondary N) is 1. The number of aromatic nitrogens is 2. The van der Waals surface area contributed by atoms with Crippen molar-refractivity contribution < 1.29 is 32.9 Å². The number of anilines is 1. The fraction of sp³-hybridized carbons (Fsp3) is 0.160. The number of fused-ring (bicyclic) bond motifs is 1. The molecule has 2 heterocycles. The van der Waals surface area contributed by atoms with Gasteiger partial charge in [0, 0.05) is 17.0 Å². The van der Waals surface area contributed by atoms with E-state index in [-0.39, 0.29) is 29.4 Å². The van der Waals surface area contributed by atoms with Crippen LogP contribution in [0.2, 0.25) is 0 Å². The number of para-hydroxylation sites is 1. The minimum atomic E-state index is -4.49. The molecular weight excluding hydrogens is 463 g/mol. The molecule has 10 heteroatoms. The molecule has 0 radical (unpaired) electrons. The lowest BCUT2D eigenvalue weighted by molar-refractivity contribution is -0.137. The van der Waals surface area contributed by atoms with Crippen LogP contribution in [0.3, 0.4) is 0 Å². The number of halogens is 3. The molecule has 0 saturated carbocycles. The van der Waals surface area contributed by atoms with Gasteiger partial charge in [-0.2, -0.15) is 18.2 Å². The zero-order chi connectivity index (χ0) is 25.0. The van der Waals surface area contributed by atoms with Crippen molar-refractivity contribution in [3.63, 3.8) is 0 Å². The summed E-state index contributed by atoms with van der Waals surface area (Å²) in [6, 6.07) is 17.8. The Morgan fingerprint density at radius 3 is 2.54 bits per heavy atom. The van der Waals surface area contributed by atoms with Crippen LogP contribution in [-0.2, 0) is 6.18 Å². The van der Waals surface area contributed by atoms with Gasteiger partial charge in [0.25, 0.3) is 5.91 Å². The van der Waals surface area contributed by atoms with Crippen molar-refractivity contribution in [2.45, 2.75) is 12.3 Å². The van der Waals surface area contributed by atoms with E-state index >= 15 is 0 Å². The van der Waals surface area contributed by atoms with Crippen LogP contribution in [0.15, 0.2) is 72.8 Å². The Labute approximate surface area is 197 Å². The quantitative estimate of drug-likeness (QED) is 0.362. The number of aliphatic hydroxyl groups excluding tert-OH is 2. The number of hydrogen-bond donors (Lipinski definition) is 3. The van der Waals surface area contributed by atoms with Gasteiger partial charge in [0.15, 0.2) is 0 Å². The van der Waals surface area contributed by atoms with E-state index in [0.717, 1.165) is 12.1 Å². The average molecular weight is 483 g/mol.